The van der Waals surface area contributed by atoms with Crippen LogP contribution in [0.5, 0.6) is 0 Å². The number of aryl methyl sites for hydroxylation is 8. The zero-order chi connectivity index (χ0) is 89.4. The Morgan fingerprint density at radius 1 is 0.208 bits per heavy atom. The van der Waals surface area contributed by atoms with Gasteiger partial charge in [0.25, 0.3) is 0 Å². The van der Waals surface area contributed by atoms with Crippen LogP contribution in [-0.2, 0) is 49.4 Å². The fraction of sp³-hybridized carbons (Fsp3) is 0.174. The molecule has 0 radical (unpaired) electrons. The average Bonchev–Trinajstić information content (AvgIpc) is 0.709. The molecule has 0 amide bonds. The van der Waals surface area contributed by atoms with Crippen LogP contribution in [-0.4, -0.2) is 12.3 Å². The number of alkyl halides is 24. The van der Waals surface area contributed by atoms with Crippen LogP contribution in [0.3, 0.4) is 0 Å². The number of benzene rings is 10. The van der Waals surface area contributed by atoms with Crippen molar-refractivity contribution in [2.75, 3.05) is 0 Å². The molecule has 10 rings (SSSR count). The molecule has 0 aliphatic heterocycles. The summed E-state index contributed by atoms with van der Waals surface area (Å²) in [6.45, 7) is 38.5. The van der Waals surface area contributed by atoms with E-state index in [4.69, 9.17) is 0 Å². The normalized spacial score (nSPS) is 12.4. The molecule has 0 saturated heterocycles. The van der Waals surface area contributed by atoms with Gasteiger partial charge < -0.3 is 0 Å². The summed E-state index contributed by atoms with van der Waals surface area (Å²) in [6.07, 6.45) is -43.1. The van der Waals surface area contributed by atoms with Crippen molar-refractivity contribution in [2.45, 2.75) is 105 Å². The van der Waals surface area contributed by atoms with E-state index in [2.05, 4.69) is 113 Å². The summed E-state index contributed by atoms with van der Waals surface area (Å²) in [5, 5.41) is 0. The van der Waals surface area contributed by atoms with Gasteiger partial charge >= 0.3 is 100 Å². The largest absolute Gasteiger partial charge is 1.00 e. The van der Waals surface area contributed by atoms with Crippen molar-refractivity contribution in [3.63, 3.8) is 0 Å². The molecule has 0 bridgehead atoms. The van der Waals surface area contributed by atoms with Crippen molar-refractivity contribution < 1.29 is 156 Å². The van der Waals surface area contributed by atoms with Gasteiger partial charge in [0.15, 0.2) is 7.14 Å². The molecule has 624 valence electrons. The maximum atomic E-state index is 14.8. The van der Waals surface area contributed by atoms with Crippen molar-refractivity contribution in [3.8, 4) is 0 Å². The third-order valence-corrected chi connectivity index (χ3v) is 23.7. The maximum Gasteiger partial charge on any atom is 1.00 e. The fourth-order valence-corrected chi connectivity index (χ4v) is 18.4. The SMILES string of the molecule is C=Cc1c(C)cc([B-](c2cc(C)c(C=C)c(C(F)(F)F)c2)(c2cc(C)c(C=C)c(C(F)(F)F)c2)c2cc(C(F)(F)F)c(C=C)c(C(F)(F)F)c2)cc1C.C=Cc1c(C)cc([B-](c2cc(C)c(C=C)c(C(F)(F)F)c2)(c2cc(C)c(C=C)c(C(F)(F)F)c2)c2cc(C(F)(F)F)c(C=C)c(C(F)(F)F)c2)cc1C.[Na+].c1ccc([I+]c2ccccc2)cc1. The minimum atomic E-state index is -5.49. The van der Waals surface area contributed by atoms with Crippen LogP contribution in [0.1, 0.15) is 134 Å². The summed E-state index contributed by atoms with van der Waals surface area (Å²) >= 11 is 0.0287. The number of rotatable bonds is 18. The van der Waals surface area contributed by atoms with Crippen LogP contribution in [0.25, 0.3) is 48.6 Å². The van der Waals surface area contributed by atoms with Crippen LogP contribution < -0.4 is 94.5 Å². The van der Waals surface area contributed by atoms with Gasteiger partial charge in [-0.2, -0.15) is 149 Å². The van der Waals surface area contributed by atoms with Gasteiger partial charge in [-0.05, 0) is 169 Å². The second kappa shape index (κ2) is 36.5. The Morgan fingerprint density at radius 2 is 0.342 bits per heavy atom. The van der Waals surface area contributed by atoms with E-state index in [1.165, 1.54) is 98.9 Å². The van der Waals surface area contributed by atoms with Gasteiger partial charge in [0.1, 0.15) is 12.3 Å². The van der Waals surface area contributed by atoms with Crippen LogP contribution in [0.2, 0.25) is 0 Å². The first-order valence-corrected chi connectivity index (χ1v) is 38.0. The molecular weight excluding hydrogens is 1730 g/mol. The Hall–Kier alpha value is -9.70. The van der Waals surface area contributed by atoms with E-state index < -0.39 is 172 Å². The molecule has 0 unspecified atom stereocenters. The molecule has 0 aliphatic carbocycles. The van der Waals surface area contributed by atoms with Crippen molar-refractivity contribution in [2.24, 2.45) is 0 Å². The zero-order valence-electron chi connectivity index (χ0n) is 65.9. The molecule has 120 heavy (non-hydrogen) atoms. The molecule has 10 aromatic carbocycles. The minimum absolute atomic E-state index is 0. The van der Waals surface area contributed by atoms with Gasteiger partial charge in [0.2, 0.25) is 0 Å². The van der Waals surface area contributed by atoms with Crippen LogP contribution >= 0.6 is 0 Å². The predicted octanol–water partition coefficient (Wildman–Crippen LogP) is 18.7. The number of hydrogen-bond donors (Lipinski definition) is 0. The Kier molecular flexibility index (Phi) is 29.7. The number of halogens is 25. The van der Waals surface area contributed by atoms with E-state index in [0.717, 1.165) is 48.6 Å². The van der Waals surface area contributed by atoms with E-state index in [1.54, 1.807) is 0 Å². The topological polar surface area (TPSA) is 0 Å². The summed E-state index contributed by atoms with van der Waals surface area (Å²) in [5.41, 5.74) is -19.5. The van der Waals surface area contributed by atoms with Crippen molar-refractivity contribution in [3.05, 3.63) is 351 Å². The Balaban J connectivity index is 0.000000284. The van der Waals surface area contributed by atoms with E-state index in [-0.39, 0.29) is 83.9 Å². The molecule has 0 fully saturated rings. The molecule has 0 aromatic heterocycles. The first kappa shape index (κ1) is 97.4. The van der Waals surface area contributed by atoms with Crippen LogP contribution in [0.4, 0.5) is 105 Å². The third-order valence-electron chi connectivity index (χ3n) is 21.0. The van der Waals surface area contributed by atoms with E-state index >= 15 is 0 Å². The molecule has 0 nitrogen and oxygen atoms in total. The summed E-state index contributed by atoms with van der Waals surface area (Å²) in [7, 11) is 0. The quantitative estimate of drug-likeness (QED) is 0.0456. The van der Waals surface area contributed by atoms with Gasteiger partial charge in [-0.1, -0.05) is 235 Å². The second-order valence-electron chi connectivity index (χ2n) is 28.4. The van der Waals surface area contributed by atoms with Gasteiger partial charge in [-0.15, -0.1) is 0 Å². The van der Waals surface area contributed by atoms with Gasteiger partial charge in [-0.3, -0.25) is 0 Å². The molecule has 0 atom stereocenters. The van der Waals surface area contributed by atoms with E-state index in [0.29, 0.717) is 94.1 Å². The zero-order valence-corrected chi connectivity index (χ0v) is 70.0. The molecular formula is C92H74B2F24INa. The first-order valence-electron chi connectivity index (χ1n) is 35.9. The first-order chi connectivity index (χ1) is 55.0. The van der Waals surface area contributed by atoms with Crippen molar-refractivity contribution >= 4 is 105 Å². The summed E-state index contributed by atoms with van der Waals surface area (Å²) in [4.78, 5) is 0. The summed E-state index contributed by atoms with van der Waals surface area (Å²) < 4.78 is 359. The molecule has 0 saturated carbocycles. The smallest absolute Gasteiger partial charge is 0.195 e. The Morgan fingerprint density at radius 3 is 0.492 bits per heavy atom. The molecule has 10 aromatic rings. The van der Waals surface area contributed by atoms with Gasteiger partial charge in [0.05, 0.1) is 44.5 Å². The van der Waals surface area contributed by atoms with E-state index in [9.17, 15) is 105 Å². The predicted molar refractivity (Wildman–Crippen MR) is 429 cm³/mol. The van der Waals surface area contributed by atoms with E-state index in [1.807, 2.05) is 0 Å². The fourth-order valence-electron chi connectivity index (χ4n) is 16.1. The Bertz CT molecular complexity index is 5000. The summed E-state index contributed by atoms with van der Waals surface area (Å²) in [5.74, 6) is 0. The maximum absolute atomic E-state index is 14.8. The Labute approximate surface area is 711 Å². The average molecular weight is 1810 g/mol. The minimum Gasteiger partial charge on any atom is -0.195 e. The molecule has 28 heteroatoms. The summed E-state index contributed by atoms with van der Waals surface area (Å²) in [6, 6.07) is 34.9. The third kappa shape index (κ3) is 19.9. The number of hydrogen-bond acceptors (Lipinski definition) is 0. The monoisotopic (exact) mass is 1810 g/mol. The van der Waals surface area contributed by atoms with Crippen molar-refractivity contribution in [1.82, 2.24) is 0 Å². The molecule has 0 aliphatic rings. The molecule has 0 N–H and O–H groups in total. The van der Waals surface area contributed by atoms with Crippen molar-refractivity contribution in [1.29, 1.82) is 0 Å². The molecule has 0 spiro atoms. The standard InChI is InChI=1S/2C40H32BF12.C12H10I.Na/c2*1-9-29-21(5)13-25(14-22(29)6)41(26-15-23(7)30(10-2)33(17-26)37(42,43)44,27-16-24(8)31(11-3)34(18-27)38(45,46)47)28-19-35(39(48,49)50)32(12-4)36(20-28)40(51,52)53;1-3-7-11(8-4-1)13-12-9-5-2-6-10-12;/h2*9-20H,1-4H2,5-8H3;1-10H;/q2*-1;2*+1. The van der Waals surface area contributed by atoms with Crippen LogP contribution in [0, 0.1) is 62.5 Å². The van der Waals surface area contributed by atoms with Gasteiger partial charge in [-0.25, -0.2) is 0 Å². The van der Waals surface area contributed by atoms with Crippen LogP contribution in [0.15, 0.2) is 210 Å². The van der Waals surface area contributed by atoms with Gasteiger partial charge in [0, 0.05) is 0 Å². The second-order valence-corrected chi connectivity index (χ2v) is 31.5. The molecule has 0 heterocycles.